The van der Waals surface area contributed by atoms with Crippen molar-refractivity contribution in [2.75, 3.05) is 26.4 Å². The molecule has 0 heterocycles. The Bertz CT molecular complexity index is 2740. The monoisotopic (exact) mass is 1000 g/mol. The van der Waals surface area contributed by atoms with Crippen LogP contribution >= 0.6 is 0 Å². The molecule has 0 aromatic heterocycles. The average molecular weight is 1000 g/mol. The maximum atomic E-state index is 7.04. The van der Waals surface area contributed by atoms with Gasteiger partial charge in [-0.1, -0.05) is 198 Å². The van der Waals surface area contributed by atoms with Gasteiger partial charge in [-0.15, -0.1) is 0 Å². The second kappa shape index (κ2) is 26.9. The first-order valence-electron chi connectivity index (χ1n) is 27.5. The molecule has 8 aromatic carbocycles. The maximum absolute atomic E-state index is 7.04. The molecule has 0 unspecified atom stereocenters. The molecule has 0 saturated heterocycles. The second-order valence-corrected chi connectivity index (χ2v) is 19.8. The zero-order valence-electron chi connectivity index (χ0n) is 44.9. The molecule has 0 spiro atoms. The van der Waals surface area contributed by atoms with Gasteiger partial charge in [0.15, 0.2) is 0 Å². The van der Waals surface area contributed by atoms with E-state index >= 15 is 0 Å². The molecule has 9 rings (SSSR count). The number of hydrogen-bond acceptors (Lipinski definition) is 4. The summed E-state index contributed by atoms with van der Waals surface area (Å²) < 4.78 is 28.1. The Morgan fingerprint density at radius 3 is 0.592 bits per heavy atom. The van der Waals surface area contributed by atoms with E-state index in [1.807, 2.05) is 0 Å². The molecule has 1 aliphatic rings. The van der Waals surface area contributed by atoms with Crippen LogP contribution in [0.3, 0.4) is 0 Å². The lowest BCUT2D eigenvalue weighted by Gasteiger charge is -2.24. The third kappa shape index (κ3) is 14.2. The van der Waals surface area contributed by atoms with Crippen LogP contribution in [0.1, 0.15) is 142 Å². The minimum atomic E-state index is 0.587. The van der Waals surface area contributed by atoms with Crippen LogP contribution in [-0.2, 0) is 25.7 Å². The summed E-state index contributed by atoms with van der Waals surface area (Å²) in [7, 11) is 0. The van der Waals surface area contributed by atoms with Gasteiger partial charge in [0.05, 0.1) is 26.4 Å². The first-order valence-corrected chi connectivity index (χ1v) is 27.5. The fourth-order valence-electron chi connectivity index (χ4n) is 9.97. The maximum Gasteiger partial charge on any atom is 0.126 e. The molecule has 4 nitrogen and oxygen atoms in total. The van der Waals surface area contributed by atoms with Gasteiger partial charge in [0, 0.05) is 25.7 Å². The zero-order chi connectivity index (χ0) is 52.3. The van der Waals surface area contributed by atoms with Crippen LogP contribution in [0.4, 0.5) is 0 Å². The summed E-state index contributed by atoms with van der Waals surface area (Å²) >= 11 is 0. The van der Waals surface area contributed by atoms with E-state index < -0.39 is 0 Å². The highest BCUT2D eigenvalue weighted by Gasteiger charge is 2.24. The molecule has 0 amide bonds. The van der Waals surface area contributed by atoms with Crippen molar-refractivity contribution in [3.8, 4) is 23.0 Å². The Balaban J connectivity index is 1.35. The van der Waals surface area contributed by atoms with E-state index in [2.05, 4.69) is 246 Å². The van der Waals surface area contributed by atoms with Gasteiger partial charge in [-0.2, -0.15) is 0 Å². The number of ether oxygens (including phenoxy) is 4. The lowest BCUT2D eigenvalue weighted by atomic mass is 9.88. The van der Waals surface area contributed by atoms with E-state index in [0.29, 0.717) is 52.1 Å². The molecule has 4 heteroatoms. The Labute approximate surface area is 452 Å². The minimum Gasteiger partial charge on any atom is -0.493 e. The van der Waals surface area contributed by atoms with Crippen LogP contribution in [0.5, 0.6) is 23.0 Å². The molecule has 0 saturated carbocycles. The molecule has 0 atom stereocenters. The topological polar surface area (TPSA) is 36.9 Å². The highest BCUT2D eigenvalue weighted by molar-refractivity contribution is 5.76. The van der Waals surface area contributed by atoms with Gasteiger partial charge in [-0.3, -0.25) is 0 Å². The average Bonchev–Trinajstić information content (AvgIpc) is 3.46. The zero-order valence-corrected chi connectivity index (χ0v) is 44.9. The van der Waals surface area contributed by atoms with Crippen LogP contribution in [0.2, 0.25) is 0 Å². The quantitative estimate of drug-likeness (QED) is 0.0713. The number of rotatable bonds is 20. The minimum absolute atomic E-state index is 0.587. The summed E-state index contributed by atoms with van der Waals surface area (Å²) in [6.07, 6.45) is 23.7. The molecule has 0 N–H and O–H groups in total. The summed E-state index contributed by atoms with van der Waals surface area (Å²) in [6.45, 7) is 11.1. The number of benzene rings is 8. The highest BCUT2D eigenvalue weighted by atomic mass is 16.5. The first-order chi connectivity index (χ1) is 37.5. The lowest BCUT2D eigenvalue weighted by Crippen LogP contribution is -2.11. The number of hydrogen-bond donors (Lipinski definition) is 0. The van der Waals surface area contributed by atoms with Crippen molar-refractivity contribution in [3.63, 3.8) is 0 Å². The summed E-state index contributed by atoms with van der Waals surface area (Å²) in [6, 6.07) is 60.8. The standard InChI is InChI=1S/C72H72O4/c1-5-37-73-69-61-41-57(33-29-53-21-13-9-14-22-53)42-62(69)50-64-44-59(35-31-55-25-17-11-18-26-55)46-66(71(64)75-39-7-3)52-68-48-60(36-32-56-27-19-12-20-28-56)47-67(72(68)76-40-8-4)51-65-45-58(34-30-54-23-15-10-16-24-54)43-63(49-61)70(65)74-38-6-2/h9-36,41-48H,5-8,37-40,49-52H2,1-4H3/b33-29+,34-30+,35-31+,36-32?. The van der Waals surface area contributed by atoms with E-state index in [1.165, 1.54) is 0 Å². The first kappa shape index (κ1) is 52.8. The van der Waals surface area contributed by atoms with E-state index in [4.69, 9.17) is 18.9 Å². The normalized spacial score (nSPS) is 12.5. The van der Waals surface area contributed by atoms with E-state index in [9.17, 15) is 0 Å². The molecule has 0 radical (unpaired) electrons. The van der Waals surface area contributed by atoms with Crippen molar-refractivity contribution in [1.29, 1.82) is 0 Å². The lowest BCUT2D eigenvalue weighted by molar-refractivity contribution is 0.304. The van der Waals surface area contributed by atoms with Gasteiger partial charge >= 0.3 is 0 Å². The second-order valence-electron chi connectivity index (χ2n) is 19.8. The molecule has 8 aromatic rings. The molecule has 0 aliphatic heterocycles. The molecular formula is C72H72O4. The molecule has 1 aliphatic carbocycles. The Morgan fingerprint density at radius 2 is 0.421 bits per heavy atom. The Morgan fingerprint density at radius 1 is 0.250 bits per heavy atom. The molecule has 8 bridgehead atoms. The van der Waals surface area contributed by atoms with E-state index in [0.717, 1.165) is 138 Å². The smallest absolute Gasteiger partial charge is 0.126 e. The summed E-state index contributed by atoms with van der Waals surface area (Å²) in [5.41, 5.74) is 17.9. The van der Waals surface area contributed by atoms with Gasteiger partial charge in [0.1, 0.15) is 23.0 Å². The van der Waals surface area contributed by atoms with Crippen molar-refractivity contribution in [3.05, 3.63) is 259 Å². The van der Waals surface area contributed by atoms with E-state index in [-0.39, 0.29) is 0 Å². The largest absolute Gasteiger partial charge is 0.493 e. The molecular weight excluding hydrogens is 929 g/mol. The van der Waals surface area contributed by atoms with Crippen molar-refractivity contribution >= 4 is 48.6 Å². The molecule has 76 heavy (non-hydrogen) atoms. The van der Waals surface area contributed by atoms with Crippen molar-refractivity contribution < 1.29 is 18.9 Å². The molecule has 0 fully saturated rings. The van der Waals surface area contributed by atoms with Crippen LogP contribution in [0.25, 0.3) is 48.6 Å². The van der Waals surface area contributed by atoms with E-state index in [1.54, 1.807) is 0 Å². The van der Waals surface area contributed by atoms with Crippen LogP contribution in [-0.4, -0.2) is 26.4 Å². The van der Waals surface area contributed by atoms with Gasteiger partial charge in [-0.25, -0.2) is 0 Å². The number of fused-ring (bicyclic) bond motifs is 8. The Hall–Kier alpha value is -8.08. The summed E-state index contributed by atoms with van der Waals surface area (Å²) in [5, 5.41) is 0. The summed E-state index contributed by atoms with van der Waals surface area (Å²) in [5.74, 6) is 3.68. The van der Waals surface area contributed by atoms with Gasteiger partial charge < -0.3 is 18.9 Å². The van der Waals surface area contributed by atoms with Crippen molar-refractivity contribution in [2.45, 2.75) is 79.1 Å². The fraction of sp³-hybridized carbons (Fsp3) is 0.222. The SMILES string of the molecule is CCCOc1c2cc(C=Cc3ccccc3)cc1Cc1cc(/C=C/c3ccccc3)cc(c1OCCC)Cc1cc(/C=C/c3ccccc3)cc(c1OCCC)Cc1cc(/C=C/c3ccccc3)cc(c1OCCC)C2. The van der Waals surface area contributed by atoms with Gasteiger partial charge in [0.25, 0.3) is 0 Å². The van der Waals surface area contributed by atoms with Gasteiger partial charge in [0.2, 0.25) is 0 Å². The van der Waals surface area contributed by atoms with Crippen molar-refractivity contribution in [1.82, 2.24) is 0 Å². The third-order valence-electron chi connectivity index (χ3n) is 13.5. The Kier molecular flexibility index (Phi) is 18.7. The predicted molar refractivity (Wildman–Crippen MR) is 322 cm³/mol. The fourth-order valence-corrected chi connectivity index (χ4v) is 9.97. The van der Waals surface area contributed by atoms with Gasteiger partial charge in [-0.05, 0) is 163 Å². The highest BCUT2D eigenvalue weighted by Crippen LogP contribution is 2.42. The third-order valence-corrected chi connectivity index (χ3v) is 13.5. The predicted octanol–water partition coefficient (Wildman–Crippen LogP) is 18.2. The van der Waals surface area contributed by atoms with Crippen molar-refractivity contribution in [2.24, 2.45) is 0 Å². The van der Waals surface area contributed by atoms with Crippen LogP contribution < -0.4 is 18.9 Å². The van der Waals surface area contributed by atoms with Crippen LogP contribution in [0.15, 0.2) is 170 Å². The summed E-state index contributed by atoms with van der Waals surface area (Å²) in [4.78, 5) is 0. The van der Waals surface area contributed by atoms with Crippen LogP contribution in [0, 0.1) is 0 Å². The molecule has 384 valence electrons.